The van der Waals surface area contributed by atoms with Gasteiger partial charge in [-0.25, -0.2) is 0 Å². The van der Waals surface area contributed by atoms with E-state index in [1.807, 2.05) is 91.9 Å². The van der Waals surface area contributed by atoms with Crippen LogP contribution in [0.2, 0.25) is 0 Å². The van der Waals surface area contributed by atoms with Gasteiger partial charge in [0.15, 0.2) is 0 Å². The minimum atomic E-state index is -0.157. The molecule has 0 bridgehead atoms. The molecule has 1 aromatic heterocycles. The molecule has 0 saturated carbocycles. The maximum atomic E-state index is 12.6. The van der Waals surface area contributed by atoms with Crippen molar-refractivity contribution < 1.29 is 9.53 Å². The van der Waals surface area contributed by atoms with Crippen molar-refractivity contribution in [2.24, 2.45) is 0 Å². The molecule has 4 aromatic carbocycles. The predicted molar refractivity (Wildman–Crippen MR) is 137 cm³/mol. The topological polar surface area (TPSA) is 67.0 Å². The molecule has 34 heavy (non-hydrogen) atoms. The molecule has 0 aliphatic rings. The molecule has 166 valence electrons. The van der Waals surface area contributed by atoms with Gasteiger partial charge in [0.05, 0.1) is 11.2 Å². The SMILES string of the molecule is Cc1cccc(C(=O)Nc2cccc(Oc3ccc4c(C=Cc5ccccc5)n[nH]c4c3)c2)c1. The van der Waals surface area contributed by atoms with Crippen LogP contribution in [0.1, 0.15) is 27.2 Å². The number of amides is 1. The van der Waals surface area contributed by atoms with Gasteiger partial charge in [-0.2, -0.15) is 5.10 Å². The van der Waals surface area contributed by atoms with Crippen molar-refractivity contribution in [1.29, 1.82) is 0 Å². The van der Waals surface area contributed by atoms with E-state index in [4.69, 9.17) is 4.74 Å². The number of benzene rings is 4. The molecule has 5 rings (SSSR count). The van der Waals surface area contributed by atoms with Crippen molar-refractivity contribution >= 4 is 34.6 Å². The number of hydrogen-bond acceptors (Lipinski definition) is 3. The number of H-pyrrole nitrogens is 1. The summed E-state index contributed by atoms with van der Waals surface area (Å²) in [5, 5.41) is 11.4. The number of carbonyl (C=O) groups excluding carboxylic acids is 1. The number of aryl methyl sites for hydroxylation is 1. The first-order chi connectivity index (χ1) is 16.6. The van der Waals surface area contributed by atoms with Gasteiger partial charge < -0.3 is 10.1 Å². The highest BCUT2D eigenvalue weighted by atomic mass is 16.5. The molecule has 0 radical (unpaired) electrons. The van der Waals surface area contributed by atoms with E-state index in [0.29, 0.717) is 22.7 Å². The van der Waals surface area contributed by atoms with Gasteiger partial charge in [-0.3, -0.25) is 9.89 Å². The first-order valence-corrected chi connectivity index (χ1v) is 11.0. The number of fused-ring (bicyclic) bond motifs is 1. The molecule has 0 fully saturated rings. The lowest BCUT2D eigenvalue weighted by molar-refractivity contribution is 0.102. The lowest BCUT2D eigenvalue weighted by atomic mass is 10.1. The van der Waals surface area contributed by atoms with Gasteiger partial charge in [-0.05, 0) is 55.0 Å². The predicted octanol–water partition coefficient (Wildman–Crippen LogP) is 7.09. The summed E-state index contributed by atoms with van der Waals surface area (Å²) in [6, 6.07) is 30.8. The Kier molecular flexibility index (Phi) is 5.91. The molecule has 1 amide bonds. The van der Waals surface area contributed by atoms with E-state index in [1.54, 1.807) is 12.1 Å². The number of aromatic nitrogens is 2. The van der Waals surface area contributed by atoms with Gasteiger partial charge in [0, 0.05) is 28.8 Å². The van der Waals surface area contributed by atoms with E-state index in [0.717, 1.165) is 27.7 Å². The van der Waals surface area contributed by atoms with Crippen molar-refractivity contribution in [2.75, 3.05) is 5.32 Å². The number of rotatable bonds is 6. The number of nitrogens with one attached hydrogen (secondary N) is 2. The number of aromatic amines is 1. The van der Waals surface area contributed by atoms with Gasteiger partial charge in [-0.1, -0.05) is 60.2 Å². The van der Waals surface area contributed by atoms with Crippen LogP contribution in [0.5, 0.6) is 11.5 Å². The lowest BCUT2D eigenvalue weighted by Gasteiger charge is -2.09. The molecule has 0 atom stereocenters. The van der Waals surface area contributed by atoms with E-state index in [2.05, 4.69) is 27.6 Å². The summed E-state index contributed by atoms with van der Waals surface area (Å²) in [4.78, 5) is 12.6. The fourth-order valence-corrected chi connectivity index (χ4v) is 3.71. The zero-order valence-corrected chi connectivity index (χ0v) is 18.7. The standard InChI is InChI=1S/C29H23N3O2/c1-20-7-5-10-22(17-20)29(33)30-23-11-6-12-24(18-23)34-25-14-15-26-27(31-32-28(26)19-25)16-13-21-8-3-2-4-9-21/h2-19H,1H3,(H,30,33)(H,31,32). The Bertz CT molecular complexity index is 1490. The van der Waals surface area contributed by atoms with Crippen molar-refractivity contribution in [1.82, 2.24) is 10.2 Å². The fraction of sp³-hybridized carbons (Fsp3) is 0.0345. The Labute approximate surface area is 197 Å². The van der Waals surface area contributed by atoms with Crippen molar-refractivity contribution in [3.63, 3.8) is 0 Å². The first-order valence-electron chi connectivity index (χ1n) is 11.0. The van der Waals surface area contributed by atoms with Crippen LogP contribution in [-0.2, 0) is 0 Å². The van der Waals surface area contributed by atoms with Gasteiger partial charge in [0.25, 0.3) is 5.91 Å². The van der Waals surface area contributed by atoms with Crippen molar-refractivity contribution in [3.8, 4) is 11.5 Å². The van der Waals surface area contributed by atoms with Gasteiger partial charge in [-0.15, -0.1) is 0 Å². The maximum absolute atomic E-state index is 12.6. The third-order valence-corrected chi connectivity index (χ3v) is 5.40. The van der Waals surface area contributed by atoms with Crippen LogP contribution in [0, 0.1) is 6.92 Å². The van der Waals surface area contributed by atoms with E-state index < -0.39 is 0 Å². The average molecular weight is 446 g/mol. The van der Waals surface area contributed by atoms with Crippen LogP contribution in [0.4, 0.5) is 5.69 Å². The quantitative estimate of drug-likeness (QED) is 0.293. The molecule has 0 aliphatic carbocycles. The van der Waals surface area contributed by atoms with Crippen molar-refractivity contribution in [3.05, 3.63) is 119 Å². The molecule has 0 unspecified atom stereocenters. The summed E-state index contributed by atoms with van der Waals surface area (Å²) >= 11 is 0. The summed E-state index contributed by atoms with van der Waals surface area (Å²) in [5.74, 6) is 1.15. The van der Waals surface area contributed by atoms with Gasteiger partial charge in [0.2, 0.25) is 0 Å². The number of hydrogen-bond donors (Lipinski definition) is 2. The van der Waals surface area contributed by atoms with E-state index in [9.17, 15) is 4.79 Å². The highest BCUT2D eigenvalue weighted by Crippen LogP contribution is 2.28. The second kappa shape index (κ2) is 9.46. The molecule has 5 nitrogen and oxygen atoms in total. The first kappa shape index (κ1) is 21.2. The number of anilines is 1. The number of ether oxygens (including phenoxy) is 1. The summed E-state index contributed by atoms with van der Waals surface area (Å²) < 4.78 is 6.05. The molecule has 2 N–H and O–H groups in total. The molecular formula is C29H23N3O2. The summed E-state index contributed by atoms with van der Waals surface area (Å²) in [5.41, 5.74) is 5.19. The summed E-state index contributed by atoms with van der Waals surface area (Å²) in [6.07, 6.45) is 4.03. The highest BCUT2D eigenvalue weighted by Gasteiger charge is 2.09. The van der Waals surface area contributed by atoms with Crippen LogP contribution in [0.25, 0.3) is 23.1 Å². The monoisotopic (exact) mass is 445 g/mol. The molecule has 5 aromatic rings. The number of carbonyl (C=O) groups is 1. The van der Waals surface area contributed by atoms with Crippen LogP contribution >= 0.6 is 0 Å². The second-order valence-electron chi connectivity index (χ2n) is 8.01. The average Bonchev–Trinajstić information content (AvgIpc) is 3.26. The second-order valence-corrected chi connectivity index (χ2v) is 8.01. The van der Waals surface area contributed by atoms with Gasteiger partial charge >= 0.3 is 0 Å². The molecule has 0 spiro atoms. The molecular weight excluding hydrogens is 422 g/mol. The van der Waals surface area contributed by atoms with Crippen LogP contribution in [0.15, 0.2) is 97.1 Å². The normalized spacial score (nSPS) is 11.1. The lowest BCUT2D eigenvalue weighted by Crippen LogP contribution is -2.11. The Balaban J connectivity index is 1.30. The zero-order valence-electron chi connectivity index (χ0n) is 18.7. The smallest absolute Gasteiger partial charge is 0.255 e. The molecule has 5 heteroatoms. The Morgan fingerprint density at radius 3 is 2.53 bits per heavy atom. The number of nitrogens with zero attached hydrogens (tertiary/aromatic N) is 1. The van der Waals surface area contributed by atoms with Crippen LogP contribution < -0.4 is 10.1 Å². The molecule has 0 saturated heterocycles. The highest BCUT2D eigenvalue weighted by molar-refractivity contribution is 6.04. The minimum absolute atomic E-state index is 0.157. The van der Waals surface area contributed by atoms with E-state index in [1.165, 1.54) is 0 Å². The zero-order chi connectivity index (χ0) is 23.3. The largest absolute Gasteiger partial charge is 0.457 e. The molecule has 1 heterocycles. The third kappa shape index (κ3) is 4.89. The van der Waals surface area contributed by atoms with Crippen molar-refractivity contribution in [2.45, 2.75) is 6.92 Å². The van der Waals surface area contributed by atoms with Gasteiger partial charge in [0.1, 0.15) is 11.5 Å². The maximum Gasteiger partial charge on any atom is 0.255 e. The fourth-order valence-electron chi connectivity index (χ4n) is 3.71. The Hall–Kier alpha value is -4.64. The Morgan fingerprint density at radius 1 is 0.853 bits per heavy atom. The summed E-state index contributed by atoms with van der Waals surface area (Å²) in [7, 11) is 0. The Morgan fingerprint density at radius 2 is 1.68 bits per heavy atom. The van der Waals surface area contributed by atoms with E-state index in [-0.39, 0.29) is 5.91 Å². The third-order valence-electron chi connectivity index (χ3n) is 5.40. The van der Waals surface area contributed by atoms with E-state index >= 15 is 0 Å². The summed E-state index contributed by atoms with van der Waals surface area (Å²) in [6.45, 7) is 1.96. The molecule has 0 aliphatic heterocycles. The van der Waals surface area contributed by atoms with Crippen LogP contribution in [-0.4, -0.2) is 16.1 Å². The minimum Gasteiger partial charge on any atom is -0.457 e. The van der Waals surface area contributed by atoms with Crippen LogP contribution in [0.3, 0.4) is 0 Å².